The normalized spacial score (nSPS) is 24.3. The van der Waals surface area contributed by atoms with Gasteiger partial charge in [-0.2, -0.15) is 0 Å². The van der Waals surface area contributed by atoms with Crippen LogP contribution in [-0.4, -0.2) is 28.8 Å². The molecule has 0 aromatic heterocycles. The molecule has 0 saturated carbocycles. The SMILES string of the molecule is CCC(CCl)NC(=O)C1CCCS1. The van der Waals surface area contributed by atoms with E-state index in [0.717, 1.165) is 18.6 Å². The lowest BCUT2D eigenvalue weighted by Crippen LogP contribution is -2.40. The van der Waals surface area contributed by atoms with Crippen LogP contribution in [0.5, 0.6) is 0 Å². The average Bonchev–Trinajstić information content (AvgIpc) is 2.66. The molecule has 1 aliphatic rings. The Hall–Kier alpha value is 0.110. The summed E-state index contributed by atoms with van der Waals surface area (Å²) in [5.41, 5.74) is 0. The maximum absolute atomic E-state index is 11.6. The van der Waals surface area contributed by atoms with Crippen LogP contribution in [0.4, 0.5) is 0 Å². The van der Waals surface area contributed by atoms with E-state index in [1.165, 1.54) is 6.42 Å². The van der Waals surface area contributed by atoms with E-state index in [1.807, 2.05) is 6.92 Å². The molecular formula is C9H16ClNOS. The summed E-state index contributed by atoms with van der Waals surface area (Å²) in [5.74, 6) is 1.81. The first kappa shape index (κ1) is 11.2. The molecule has 1 N–H and O–H groups in total. The minimum absolute atomic E-state index is 0.148. The third kappa shape index (κ3) is 3.39. The molecule has 4 heteroatoms. The highest BCUT2D eigenvalue weighted by atomic mass is 35.5. The summed E-state index contributed by atoms with van der Waals surface area (Å²) >= 11 is 7.46. The predicted octanol–water partition coefficient (Wildman–Crippen LogP) is 2.02. The van der Waals surface area contributed by atoms with E-state index in [9.17, 15) is 4.79 Å². The van der Waals surface area contributed by atoms with E-state index < -0.39 is 0 Å². The van der Waals surface area contributed by atoms with Gasteiger partial charge in [-0.1, -0.05) is 6.92 Å². The summed E-state index contributed by atoms with van der Waals surface area (Å²) in [6.07, 6.45) is 3.10. The molecule has 2 unspecified atom stereocenters. The third-order valence-corrected chi connectivity index (χ3v) is 4.00. The van der Waals surface area contributed by atoms with E-state index >= 15 is 0 Å². The zero-order chi connectivity index (χ0) is 9.68. The molecule has 2 atom stereocenters. The fraction of sp³-hybridized carbons (Fsp3) is 0.889. The lowest BCUT2D eigenvalue weighted by Gasteiger charge is -2.16. The van der Waals surface area contributed by atoms with Crippen LogP contribution in [0, 0.1) is 0 Å². The second-order valence-electron chi connectivity index (χ2n) is 3.27. The first-order valence-corrected chi connectivity index (χ1v) is 6.34. The Balaban J connectivity index is 2.30. The molecular weight excluding hydrogens is 206 g/mol. The number of carbonyl (C=O) groups is 1. The van der Waals surface area contributed by atoms with Gasteiger partial charge >= 0.3 is 0 Å². The number of amides is 1. The third-order valence-electron chi connectivity index (χ3n) is 2.25. The number of rotatable bonds is 4. The standard InChI is InChI=1S/C9H16ClNOS/c1-2-7(6-10)11-9(12)8-4-3-5-13-8/h7-8H,2-6H2,1H3,(H,11,12). The van der Waals surface area contributed by atoms with Crippen LogP contribution < -0.4 is 5.32 Å². The summed E-state index contributed by atoms with van der Waals surface area (Å²) in [6, 6.07) is 0.148. The summed E-state index contributed by atoms with van der Waals surface area (Å²) in [6.45, 7) is 2.04. The van der Waals surface area contributed by atoms with Crippen molar-refractivity contribution in [3.05, 3.63) is 0 Å². The summed E-state index contributed by atoms with van der Waals surface area (Å²) < 4.78 is 0. The topological polar surface area (TPSA) is 29.1 Å². The molecule has 1 saturated heterocycles. The number of halogens is 1. The maximum atomic E-state index is 11.6. The van der Waals surface area contributed by atoms with Crippen molar-refractivity contribution in [1.82, 2.24) is 5.32 Å². The van der Waals surface area contributed by atoms with Crippen molar-refractivity contribution in [1.29, 1.82) is 0 Å². The van der Waals surface area contributed by atoms with Crippen LogP contribution in [-0.2, 0) is 4.79 Å². The van der Waals surface area contributed by atoms with Crippen molar-refractivity contribution >= 4 is 29.3 Å². The number of alkyl halides is 1. The Morgan fingerprint density at radius 3 is 3.00 bits per heavy atom. The van der Waals surface area contributed by atoms with Gasteiger partial charge in [-0.15, -0.1) is 23.4 Å². The van der Waals surface area contributed by atoms with Crippen molar-refractivity contribution < 1.29 is 4.79 Å². The van der Waals surface area contributed by atoms with Crippen LogP contribution in [0.3, 0.4) is 0 Å². The Bertz CT molecular complexity index is 167. The smallest absolute Gasteiger partial charge is 0.233 e. The molecule has 1 heterocycles. The molecule has 0 aromatic rings. The van der Waals surface area contributed by atoms with Gasteiger partial charge in [0.2, 0.25) is 5.91 Å². The fourth-order valence-corrected chi connectivity index (χ4v) is 2.79. The summed E-state index contributed by atoms with van der Waals surface area (Å²) in [5, 5.41) is 3.14. The molecule has 0 aromatic carbocycles. The van der Waals surface area contributed by atoms with Crippen LogP contribution >= 0.6 is 23.4 Å². The number of hydrogen-bond acceptors (Lipinski definition) is 2. The van der Waals surface area contributed by atoms with Gasteiger partial charge < -0.3 is 5.32 Å². The molecule has 2 nitrogen and oxygen atoms in total. The molecule has 1 amide bonds. The Kier molecular flexibility index (Phi) is 4.96. The first-order valence-electron chi connectivity index (χ1n) is 4.75. The van der Waals surface area contributed by atoms with E-state index in [2.05, 4.69) is 5.32 Å². The van der Waals surface area contributed by atoms with Crippen molar-refractivity contribution in [2.24, 2.45) is 0 Å². The molecule has 1 fully saturated rings. The van der Waals surface area contributed by atoms with Crippen molar-refractivity contribution in [3.8, 4) is 0 Å². The predicted molar refractivity (Wildman–Crippen MR) is 58.4 cm³/mol. The molecule has 13 heavy (non-hydrogen) atoms. The second-order valence-corrected chi connectivity index (χ2v) is 4.89. The monoisotopic (exact) mass is 221 g/mol. The second kappa shape index (κ2) is 5.76. The van der Waals surface area contributed by atoms with Crippen LogP contribution in [0.2, 0.25) is 0 Å². The quantitative estimate of drug-likeness (QED) is 0.736. The van der Waals surface area contributed by atoms with Gasteiger partial charge in [-0.3, -0.25) is 4.79 Å². The largest absolute Gasteiger partial charge is 0.351 e. The van der Waals surface area contributed by atoms with E-state index in [-0.39, 0.29) is 17.2 Å². The van der Waals surface area contributed by atoms with Crippen molar-refractivity contribution in [3.63, 3.8) is 0 Å². The van der Waals surface area contributed by atoms with E-state index in [4.69, 9.17) is 11.6 Å². The van der Waals surface area contributed by atoms with Crippen LogP contribution in [0.15, 0.2) is 0 Å². The van der Waals surface area contributed by atoms with Gasteiger partial charge in [-0.25, -0.2) is 0 Å². The molecule has 1 aliphatic heterocycles. The first-order chi connectivity index (χ1) is 6.27. The molecule has 1 rings (SSSR count). The van der Waals surface area contributed by atoms with E-state index in [1.54, 1.807) is 11.8 Å². The molecule has 0 bridgehead atoms. The Labute approximate surface area is 88.8 Å². The number of nitrogens with one attached hydrogen (secondary N) is 1. The van der Waals surface area contributed by atoms with Crippen molar-refractivity contribution in [2.45, 2.75) is 37.5 Å². The fourth-order valence-electron chi connectivity index (χ4n) is 1.33. The van der Waals surface area contributed by atoms with Crippen molar-refractivity contribution in [2.75, 3.05) is 11.6 Å². The highest BCUT2D eigenvalue weighted by Gasteiger charge is 2.24. The lowest BCUT2D eigenvalue weighted by molar-refractivity contribution is -0.121. The Morgan fingerprint density at radius 2 is 2.54 bits per heavy atom. The van der Waals surface area contributed by atoms with Crippen LogP contribution in [0.1, 0.15) is 26.2 Å². The summed E-state index contributed by atoms with van der Waals surface area (Å²) in [4.78, 5) is 11.6. The number of carbonyl (C=O) groups excluding carboxylic acids is 1. The number of hydrogen-bond donors (Lipinski definition) is 1. The minimum atomic E-state index is 0.148. The van der Waals surface area contributed by atoms with Gasteiger partial charge in [0.15, 0.2) is 0 Å². The van der Waals surface area contributed by atoms with Crippen LogP contribution in [0.25, 0.3) is 0 Å². The molecule has 0 aliphatic carbocycles. The molecule has 0 spiro atoms. The zero-order valence-corrected chi connectivity index (χ0v) is 9.46. The van der Waals surface area contributed by atoms with Gasteiger partial charge in [0.1, 0.15) is 0 Å². The average molecular weight is 222 g/mol. The summed E-state index contributed by atoms with van der Waals surface area (Å²) in [7, 11) is 0. The highest BCUT2D eigenvalue weighted by molar-refractivity contribution is 8.00. The van der Waals surface area contributed by atoms with Gasteiger partial charge in [-0.05, 0) is 25.0 Å². The van der Waals surface area contributed by atoms with E-state index in [0.29, 0.717) is 5.88 Å². The number of thioether (sulfide) groups is 1. The minimum Gasteiger partial charge on any atom is -0.351 e. The maximum Gasteiger partial charge on any atom is 0.233 e. The lowest BCUT2D eigenvalue weighted by atomic mass is 10.2. The van der Waals surface area contributed by atoms with Gasteiger partial charge in [0.25, 0.3) is 0 Å². The highest BCUT2D eigenvalue weighted by Crippen LogP contribution is 2.26. The molecule has 76 valence electrons. The zero-order valence-electron chi connectivity index (χ0n) is 7.88. The Morgan fingerprint density at radius 1 is 1.77 bits per heavy atom. The van der Waals surface area contributed by atoms with Gasteiger partial charge in [0, 0.05) is 11.9 Å². The molecule has 0 radical (unpaired) electrons. The van der Waals surface area contributed by atoms with Gasteiger partial charge in [0.05, 0.1) is 5.25 Å².